The quantitative estimate of drug-likeness (QED) is 0.762. The van der Waals surface area contributed by atoms with Crippen molar-refractivity contribution >= 4 is 5.91 Å². The van der Waals surface area contributed by atoms with E-state index in [1.165, 1.54) is 4.57 Å². The number of aromatic nitrogens is 4. The van der Waals surface area contributed by atoms with Gasteiger partial charge in [-0.15, -0.1) is 0 Å². The van der Waals surface area contributed by atoms with Crippen LogP contribution in [0.4, 0.5) is 0 Å². The van der Waals surface area contributed by atoms with Crippen molar-refractivity contribution in [2.45, 2.75) is 5.92 Å². The summed E-state index contributed by atoms with van der Waals surface area (Å²) in [7, 11) is 1.68. The van der Waals surface area contributed by atoms with E-state index in [2.05, 4.69) is 15.2 Å². The van der Waals surface area contributed by atoms with Crippen molar-refractivity contribution in [3.05, 3.63) is 64.6 Å². The third kappa shape index (κ3) is 2.25. The predicted molar refractivity (Wildman–Crippen MR) is 88.7 cm³/mol. The van der Waals surface area contributed by atoms with Crippen molar-refractivity contribution in [2.24, 2.45) is 7.05 Å². The monoisotopic (exact) mass is 323 g/mol. The van der Waals surface area contributed by atoms with Crippen LogP contribution in [0.3, 0.4) is 0 Å². The standard InChI is InChI=1S/C17H17N5O2/c1-21-15(19-20-17(21)24)12-9-22(10-12)16(23)14-13(7-8-18-14)11-5-3-2-4-6-11/h2-8,12,18H,9-10H2,1H3,(H,20,24). The molecule has 0 atom stereocenters. The maximum atomic E-state index is 12.7. The van der Waals surface area contributed by atoms with Gasteiger partial charge in [-0.05, 0) is 11.6 Å². The van der Waals surface area contributed by atoms with E-state index in [0.29, 0.717) is 24.6 Å². The molecule has 3 aromatic rings. The maximum Gasteiger partial charge on any atom is 0.343 e. The molecule has 0 unspecified atom stereocenters. The maximum absolute atomic E-state index is 12.7. The molecule has 4 rings (SSSR count). The molecular formula is C17H17N5O2. The Bertz CT molecular complexity index is 931. The van der Waals surface area contributed by atoms with E-state index < -0.39 is 0 Å². The van der Waals surface area contributed by atoms with Gasteiger partial charge in [-0.25, -0.2) is 9.89 Å². The van der Waals surface area contributed by atoms with Gasteiger partial charge in [0.15, 0.2) is 0 Å². The molecular weight excluding hydrogens is 306 g/mol. The lowest BCUT2D eigenvalue weighted by molar-refractivity contribution is 0.0587. The minimum absolute atomic E-state index is 0.0318. The van der Waals surface area contributed by atoms with Crippen LogP contribution in [-0.2, 0) is 7.05 Å². The molecule has 0 saturated carbocycles. The first-order valence-corrected chi connectivity index (χ1v) is 7.78. The second kappa shape index (κ2) is 5.52. The molecule has 0 radical (unpaired) electrons. The third-order valence-electron chi connectivity index (χ3n) is 4.49. The number of H-pyrrole nitrogens is 2. The average Bonchev–Trinajstić information content (AvgIpc) is 3.16. The van der Waals surface area contributed by atoms with Crippen LogP contribution in [0.2, 0.25) is 0 Å². The van der Waals surface area contributed by atoms with Crippen molar-refractivity contribution in [3.8, 4) is 11.1 Å². The Labute approximate surface area is 137 Å². The van der Waals surface area contributed by atoms with Crippen molar-refractivity contribution in [2.75, 3.05) is 13.1 Å². The summed E-state index contributed by atoms with van der Waals surface area (Å²) in [5.74, 6) is 0.752. The highest BCUT2D eigenvalue weighted by Gasteiger charge is 2.36. The summed E-state index contributed by atoms with van der Waals surface area (Å²) in [5.41, 5.74) is 2.27. The SMILES string of the molecule is Cn1c(C2CN(C(=O)c3[nH]ccc3-c3ccccc3)C2)n[nH]c1=O. The number of hydrogen-bond donors (Lipinski definition) is 2. The first kappa shape index (κ1) is 14.5. The van der Waals surface area contributed by atoms with Crippen molar-refractivity contribution in [1.82, 2.24) is 24.6 Å². The average molecular weight is 323 g/mol. The van der Waals surface area contributed by atoms with Gasteiger partial charge < -0.3 is 9.88 Å². The van der Waals surface area contributed by atoms with Gasteiger partial charge in [0, 0.05) is 31.9 Å². The number of nitrogens with one attached hydrogen (secondary N) is 2. The zero-order valence-electron chi connectivity index (χ0n) is 13.2. The highest BCUT2D eigenvalue weighted by Crippen LogP contribution is 2.29. The van der Waals surface area contributed by atoms with E-state index in [1.807, 2.05) is 36.4 Å². The van der Waals surface area contributed by atoms with Crippen LogP contribution in [0, 0.1) is 0 Å². The molecule has 0 spiro atoms. The third-order valence-corrected chi connectivity index (χ3v) is 4.49. The normalized spacial score (nSPS) is 14.6. The lowest BCUT2D eigenvalue weighted by Gasteiger charge is -2.38. The fraction of sp³-hybridized carbons (Fsp3) is 0.235. The van der Waals surface area contributed by atoms with Crippen LogP contribution in [0.25, 0.3) is 11.1 Å². The van der Waals surface area contributed by atoms with Gasteiger partial charge in [0.2, 0.25) is 0 Å². The molecule has 0 aliphatic carbocycles. The van der Waals surface area contributed by atoms with Crippen LogP contribution in [0.15, 0.2) is 47.4 Å². The summed E-state index contributed by atoms with van der Waals surface area (Å²) >= 11 is 0. The molecule has 2 aromatic heterocycles. The van der Waals surface area contributed by atoms with Crippen molar-refractivity contribution < 1.29 is 4.79 Å². The highest BCUT2D eigenvalue weighted by molar-refractivity contribution is 5.99. The summed E-state index contributed by atoms with van der Waals surface area (Å²) < 4.78 is 1.50. The van der Waals surface area contributed by atoms with Crippen LogP contribution in [0.5, 0.6) is 0 Å². The largest absolute Gasteiger partial charge is 0.357 e. The van der Waals surface area contributed by atoms with E-state index >= 15 is 0 Å². The van der Waals surface area contributed by atoms with Crippen LogP contribution in [-0.4, -0.2) is 43.6 Å². The number of hydrogen-bond acceptors (Lipinski definition) is 3. The number of nitrogens with zero attached hydrogens (tertiary/aromatic N) is 3. The van der Waals surface area contributed by atoms with Gasteiger partial charge >= 0.3 is 5.69 Å². The Morgan fingerprint density at radius 2 is 1.96 bits per heavy atom. The number of rotatable bonds is 3. The molecule has 1 fully saturated rings. The number of likely N-dealkylation sites (tertiary alicyclic amines) is 1. The van der Waals surface area contributed by atoms with Crippen molar-refractivity contribution in [1.29, 1.82) is 0 Å². The molecule has 2 N–H and O–H groups in total. The molecule has 1 amide bonds. The van der Waals surface area contributed by atoms with Gasteiger partial charge in [0.05, 0.1) is 5.92 Å². The number of carbonyl (C=O) groups excluding carboxylic acids is 1. The lowest BCUT2D eigenvalue weighted by atomic mass is 9.97. The molecule has 122 valence electrons. The molecule has 1 aromatic carbocycles. The fourth-order valence-corrected chi connectivity index (χ4v) is 3.09. The number of aromatic amines is 2. The van der Waals surface area contributed by atoms with E-state index in [9.17, 15) is 9.59 Å². The Morgan fingerprint density at radius 1 is 1.21 bits per heavy atom. The van der Waals surface area contributed by atoms with E-state index in [1.54, 1.807) is 18.1 Å². The van der Waals surface area contributed by atoms with Gasteiger partial charge in [0.25, 0.3) is 5.91 Å². The Hall–Kier alpha value is -3.09. The number of amides is 1. The van der Waals surface area contributed by atoms with E-state index in [-0.39, 0.29) is 17.5 Å². The van der Waals surface area contributed by atoms with Gasteiger partial charge in [-0.1, -0.05) is 30.3 Å². The van der Waals surface area contributed by atoms with Gasteiger partial charge in [-0.2, -0.15) is 5.10 Å². The summed E-state index contributed by atoms with van der Waals surface area (Å²) in [6, 6.07) is 11.7. The van der Waals surface area contributed by atoms with Crippen molar-refractivity contribution in [3.63, 3.8) is 0 Å². The summed E-state index contributed by atoms with van der Waals surface area (Å²) in [4.78, 5) is 29.0. The highest BCUT2D eigenvalue weighted by atomic mass is 16.2. The number of benzene rings is 1. The minimum Gasteiger partial charge on any atom is -0.357 e. The smallest absolute Gasteiger partial charge is 0.343 e. The fourth-order valence-electron chi connectivity index (χ4n) is 3.09. The Morgan fingerprint density at radius 3 is 2.62 bits per heavy atom. The van der Waals surface area contributed by atoms with Gasteiger partial charge in [-0.3, -0.25) is 9.36 Å². The van der Waals surface area contributed by atoms with E-state index in [0.717, 1.165) is 11.1 Å². The molecule has 3 heterocycles. The summed E-state index contributed by atoms with van der Waals surface area (Å²) in [5, 5.41) is 6.47. The summed E-state index contributed by atoms with van der Waals surface area (Å²) in [6.07, 6.45) is 1.78. The molecule has 0 bridgehead atoms. The predicted octanol–water partition coefficient (Wildman–Crippen LogP) is 1.34. The topological polar surface area (TPSA) is 86.8 Å². The molecule has 7 heteroatoms. The van der Waals surface area contributed by atoms with Crippen LogP contribution in [0.1, 0.15) is 22.2 Å². The second-order valence-electron chi connectivity index (χ2n) is 5.99. The zero-order chi connectivity index (χ0) is 16.7. The second-order valence-corrected chi connectivity index (χ2v) is 5.99. The first-order chi connectivity index (χ1) is 11.6. The van der Waals surface area contributed by atoms with Crippen LogP contribution < -0.4 is 5.69 Å². The van der Waals surface area contributed by atoms with E-state index in [4.69, 9.17) is 0 Å². The summed E-state index contributed by atoms with van der Waals surface area (Å²) in [6.45, 7) is 1.12. The molecule has 1 aliphatic rings. The Kier molecular flexibility index (Phi) is 3.34. The lowest BCUT2D eigenvalue weighted by Crippen LogP contribution is -2.49. The number of carbonyl (C=O) groups is 1. The minimum atomic E-state index is -0.231. The zero-order valence-corrected chi connectivity index (χ0v) is 13.2. The van der Waals surface area contributed by atoms with Gasteiger partial charge in [0.1, 0.15) is 11.5 Å². The molecule has 1 saturated heterocycles. The first-order valence-electron chi connectivity index (χ1n) is 7.78. The molecule has 1 aliphatic heterocycles. The molecule has 24 heavy (non-hydrogen) atoms. The Balaban J connectivity index is 1.52. The molecule has 7 nitrogen and oxygen atoms in total. The van der Waals surface area contributed by atoms with Crippen LogP contribution >= 0.6 is 0 Å².